The molecule has 0 aliphatic rings. The van der Waals surface area contributed by atoms with Crippen molar-refractivity contribution < 1.29 is 4.79 Å². The van der Waals surface area contributed by atoms with E-state index < -0.39 is 0 Å². The summed E-state index contributed by atoms with van der Waals surface area (Å²) in [6.07, 6.45) is 3.13. The third kappa shape index (κ3) is 2.43. The van der Waals surface area contributed by atoms with E-state index in [1.54, 1.807) is 17.9 Å². The smallest absolute Gasteiger partial charge is 0.269 e. The first-order chi connectivity index (χ1) is 6.11. The van der Waals surface area contributed by atoms with Crippen LogP contribution in [0.15, 0.2) is 24.7 Å². The van der Waals surface area contributed by atoms with E-state index in [0.717, 1.165) is 5.57 Å². The van der Waals surface area contributed by atoms with Gasteiger partial charge in [0, 0.05) is 13.6 Å². The van der Waals surface area contributed by atoms with Crippen molar-refractivity contribution in [2.24, 2.45) is 7.05 Å². The van der Waals surface area contributed by atoms with Gasteiger partial charge in [-0.25, -0.2) is 4.98 Å². The van der Waals surface area contributed by atoms with Crippen LogP contribution < -0.4 is 5.32 Å². The summed E-state index contributed by atoms with van der Waals surface area (Å²) in [7, 11) is 1.78. The molecule has 0 bridgehead atoms. The molecule has 0 atom stereocenters. The number of amides is 1. The zero-order valence-corrected chi connectivity index (χ0v) is 7.87. The lowest BCUT2D eigenvalue weighted by Crippen LogP contribution is -2.26. The van der Waals surface area contributed by atoms with Crippen molar-refractivity contribution in [3.8, 4) is 0 Å². The van der Waals surface area contributed by atoms with Crippen LogP contribution in [0.1, 0.15) is 17.4 Å². The number of aryl methyl sites for hydroxylation is 1. The fourth-order valence-electron chi connectivity index (χ4n) is 0.898. The SMILES string of the molecule is C=C(C)CNC(=O)c1cncn1C. The predicted molar refractivity (Wildman–Crippen MR) is 50.4 cm³/mol. The van der Waals surface area contributed by atoms with E-state index in [1.807, 2.05) is 6.92 Å². The Morgan fingerprint density at radius 3 is 2.92 bits per heavy atom. The van der Waals surface area contributed by atoms with Crippen LogP contribution in [0.5, 0.6) is 0 Å². The lowest BCUT2D eigenvalue weighted by Gasteiger charge is -2.04. The van der Waals surface area contributed by atoms with Gasteiger partial charge in [-0.05, 0) is 6.92 Å². The summed E-state index contributed by atoms with van der Waals surface area (Å²) in [5.41, 5.74) is 1.48. The maximum atomic E-state index is 11.4. The normalized spacial score (nSPS) is 9.69. The van der Waals surface area contributed by atoms with E-state index in [4.69, 9.17) is 0 Å². The molecule has 1 N–H and O–H groups in total. The van der Waals surface area contributed by atoms with Gasteiger partial charge < -0.3 is 9.88 Å². The van der Waals surface area contributed by atoms with Crippen molar-refractivity contribution in [2.75, 3.05) is 6.54 Å². The number of nitrogens with zero attached hydrogens (tertiary/aromatic N) is 2. The minimum absolute atomic E-state index is 0.122. The summed E-state index contributed by atoms with van der Waals surface area (Å²) in [6.45, 7) is 6.06. The second kappa shape index (κ2) is 3.89. The second-order valence-corrected chi connectivity index (χ2v) is 3.03. The Labute approximate surface area is 77.3 Å². The van der Waals surface area contributed by atoms with Gasteiger partial charge in [0.25, 0.3) is 5.91 Å². The average molecular weight is 179 g/mol. The number of nitrogens with one attached hydrogen (secondary N) is 1. The number of imidazole rings is 1. The Hall–Kier alpha value is -1.58. The zero-order valence-electron chi connectivity index (χ0n) is 7.87. The summed E-state index contributed by atoms with van der Waals surface area (Å²) >= 11 is 0. The Bertz CT molecular complexity index is 327. The zero-order chi connectivity index (χ0) is 9.84. The van der Waals surface area contributed by atoms with Crippen LogP contribution in [0.2, 0.25) is 0 Å². The molecule has 13 heavy (non-hydrogen) atoms. The van der Waals surface area contributed by atoms with Crippen LogP contribution in [0.3, 0.4) is 0 Å². The van der Waals surface area contributed by atoms with Crippen molar-refractivity contribution in [2.45, 2.75) is 6.92 Å². The third-order valence-electron chi connectivity index (χ3n) is 1.60. The van der Waals surface area contributed by atoms with Crippen LogP contribution in [0.25, 0.3) is 0 Å². The van der Waals surface area contributed by atoms with Crippen molar-refractivity contribution in [3.05, 3.63) is 30.4 Å². The van der Waals surface area contributed by atoms with E-state index in [2.05, 4.69) is 16.9 Å². The van der Waals surface area contributed by atoms with Gasteiger partial charge in [0.15, 0.2) is 0 Å². The Kier molecular flexibility index (Phi) is 2.84. The fraction of sp³-hybridized carbons (Fsp3) is 0.333. The number of hydrogen-bond donors (Lipinski definition) is 1. The van der Waals surface area contributed by atoms with Gasteiger partial charge in [-0.15, -0.1) is 0 Å². The topological polar surface area (TPSA) is 46.9 Å². The van der Waals surface area contributed by atoms with E-state index in [9.17, 15) is 4.79 Å². The maximum Gasteiger partial charge on any atom is 0.269 e. The first kappa shape index (κ1) is 9.51. The van der Waals surface area contributed by atoms with E-state index >= 15 is 0 Å². The minimum atomic E-state index is -0.122. The maximum absolute atomic E-state index is 11.4. The highest BCUT2D eigenvalue weighted by Crippen LogP contribution is 1.95. The molecule has 1 aromatic heterocycles. The molecule has 1 rings (SSSR count). The Balaban J connectivity index is 2.59. The average Bonchev–Trinajstić information content (AvgIpc) is 2.47. The van der Waals surface area contributed by atoms with Gasteiger partial charge >= 0.3 is 0 Å². The highest BCUT2D eigenvalue weighted by atomic mass is 16.1. The summed E-state index contributed by atoms with van der Waals surface area (Å²) in [5, 5.41) is 2.73. The van der Waals surface area contributed by atoms with Gasteiger partial charge in [-0.3, -0.25) is 4.79 Å². The molecule has 0 saturated heterocycles. The fourth-order valence-corrected chi connectivity index (χ4v) is 0.898. The Morgan fingerprint density at radius 1 is 1.77 bits per heavy atom. The molecule has 0 aliphatic carbocycles. The van der Waals surface area contributed by atoms with Crippen LogP contribution in [-0.4, -0.2) is 22.0 Å². The molecule has 4 nitrogen and oxygen atoms in total. The summed E-state index contributed by atoms with van der Waals surface area (Å²) in [5.74, 6) is -0.122. The highest BCUT2D eigenvalue weighted by molar-refractivity contribution is 5.92. The van der Waals surface area contributed by atoms with E-state index in [1.165, 1.54) is 6.20 Å². The standard InChI is InChI=1S/C9H13N3O/c1-7(2)4-11-9(13)8-5-10-6-12(8)3/h5-6H,1,4H2,2-3H3,(H,11,13). The van der Waals surface area contributed by atoms with Crippen LogP contribution in [0.4, 0.5) is 0 Å². The molecule has 0 fully saturated rings. The summed E-state index contributed by atoms with van der Waals surface area (Å²) in [6, 6.07) is 0. The summed E-state index contributed by atoms with van der Waals surface area (Å²) < 4.78 is 1.67. The molecular formula is C9H13N3O. The van der Waals surface area contributed by atoms with E-state index in [0.29, 0.717) is 12.2 Å². The van der Waals surface area contributed by atoms with Gasteiger partial charge in [-0.2, -0.15) is 0 Å². The van der Waals surface area contributed by atoms with Gasteiger partial charge in [0.05, 0.1) is 12.5 Å². The lowest BCUT2D eigenvalue weighted by atomic mass is 10.3. The third-order valence-corrected chi connectivity index (χ3v) is 1.60. The van der Waals surface area contributed by atoms with Crippen molar-refractivity contribution >= 4 is 5.91 Å². The second-order valence-electron chi connectivity index (χ2n) is 3.03. The van der Waals surface area contributed by atoms with Gasteiger partial charge in [0.1, 0.15) is 5.69 Å². The Morgan fingerprint density at radius 2 is 2.46 bits per heavy atom. The molecule has 4 heteroatoms. The first-order valence-corrected chi connectivity index (χ1v) is 4.00. The molecule has 0 aromatic carbocycles. The van der Waals surface area contributed by atoms with Crippen LogP contribution >= 0.6 is 0 Å². The number of carbonyl (C=O) groups is 1. The minimum Gasteiger partial charge on any atom is -0.347 e. The number of hydrogen-bond acceptors (Lipinski definition) is 2. The largest absolute Gasteiger partial charge is 0.347 e. The van der Waals surface area contributed by atoms with Crippen molar-refractivity contribution in [1.29, 1.82) is 0 Å². The van der Waals surface area contributed by atoms with Crippen LogP contribution in [-0.2, 0) is 7.05 Å². The lowest BCUT2D eigenvalue weighted by molar-refractivity contribution is 0.0949. The predicted octanol–water partition coefficient (Wildman–Crippen LogP) is 0.726. The quantitative estimate of drug-likeness (QED) is 0.695. The molecule has 1 amide bonds. The van der Waals surface area contributed by atoms with Gasteiger partial charge in [0.2, 0.25) is 0 Å². The molecule has 0 radical (unpaired) electrons. The van der Waals surface area contributed by atoms with E-state index in [-0.39, 0.29) is 5.91 Å². The molecule has 1 aromatic rings. The number of carbonyl (C=O) groups excluding carboxylic acids is 1. The molecule has 0 unspecified atom stereocenters. The number of rotatable bonds is 3. The summed E-state index contributed by atoms with van der Waals surface area (Å²) in [4.78, 5) is 15.3. The van der Waals surface area contributed by atoms with Crippen molar-refractivity contribution in [3.63, 3.8) is 0 Å². The van der Waals surface area contributed by atoms with Gasteiger partial charge in [-0.1, -0.05) is 12.2 Å². The molecular weight excluding hydrogens is 166 g/mol. The number of aromatic nitrogens is 2. The molecule has 70 valence electrons. The highest BCUT2D eigenvalue weighted by Gasteiger charge is 2.07. The molecule has 0 saturated carbocycles. The van der Waals surface area contributed by atoms with Crippen molar-refractivity contribution in [1.82, 2.24) is 14.9 Å². The molecule has 1 heterocycles. The molecule has 0 aliphatic heterocycles. The van der Waals surface area contributed by atoms with Crippen LogP contribution in [0, 0.1) is 0 Å². The first-order valence-electron chi connectivity index (χ1n) is 4.00. The molecule has 0 spiro atoms. The monoisotopic (exact) mass is 179 g/mol.